The Morgan fingerprint density at radius 1 is 1.00 bits per heavy atom. The highest BCUT2D eigenvalue weighted by Crippen LogP contribution is 2.23. The Morgan fingerprint density at radius 3 is 2.25 bits per heavy atom. The number of nitrogens with two attached hydrogens (primary N) is 1. The number of hydrogen-bond acceptors (Lipinski definition) is 3. The zero-order chi connectivity index (χ0) is 15.4. The van der Waals surface area contributed by atoms with Crippen molar-refractivity contribution in [3.05, 3.63) is 65.2 Å². The van der Waals surface area contributed by atoms with Gasteiger partial charge in [-0.05, 0) is 35.7 Å². The van der Waals surface area contributed by atoms with Crippen molar-refractivity contribution in [1.29, 1.82) is 0 Å². The molecule has 0 spiro atoms. The van der Waals surface area contributed by atoms with Crippen molar-refractivity contribution in [2.24, 2.45) is 5.73 Å². The first-order chi connectivity index (χ1) is 10.7. The number of nitrogens with one attached hydrogen (secondary N) is 1. The van der Waals surface area contributed by atoms with Crippen LogP contribution in [0.3, 0.4) is 0 Å². The number of carbonyl (C=O) groups is 1. The Kier molecular flexibility index (Phi) is 8.05. The zero-order valence-electron chi connectivity index (χ0n) is 13.4. The van der Waals surface area contributed by atoms with Crippen molar-refractivity contribution < 1.29 is 4.79 Å². The number of hydrogen-bond donors (Lipinski definition) is 2. The molecule has 4 nitrogen and oxygen atoms in total. The maximum absolute atomic E-state index is 11.1. The van der Waals surface area contributed by atoms with Crippen LogP contribution in [0.2, 0.25) is 0 Å². The van der Waals surface area contributed by atoms with Crippen LogP contribution in [0.25, 0.3) is 0 Å². The second-order valence-corrected chi connectivity index (χ2v) is 5.60. The van der Waals surface area contributed by atoms with E-state index in [0.717, 1.165) is 32.6 Å². The molecule has 0 atom stereocenters. The average Bonchev–Trinajstić information content (AvgIpc) is 2.57. The van der Waals surface area contributed by atoms with Crippen LogP contribution < -0.4 is 16.0 Å². The SMILES string of the molecule is Cl.Cl.NC(=O)c1ccc(Cc2ccccc2N2CCNCC2)cc1. The number of piperazine rings is 1. The minimum atomic E-state index is -0.382. The van der Waals surface area contributed by atoms with E-state index in [9.17, 15) is 4.79 Å². The van der Waals surface area contributed by atoms with Gasteiger partial charge >= 0.3 is 0 Å². The second kappa shape index (κ2) is 9.52. The molecular weight excluding hydrogens is 345 g/mol. The summed E-state index contributed by atoms with van der Waals surface area (Å²) in [5.41, 5.74) is 9.65. The van der Waals surface area contributed by atoms with E-state index in [1.54, 1.807) is 12.1 Å². The van der Waals surface area contributed by atoms with Gasteiger partial charge in [0.2, 0.25) is 5.91 Å². The first-order valence-electron chi connectivity index (χ1n) is 7.66. The molecule has 24 heavy (non-hydrogen) atoms. The predicted molar refractivity (Wildman–Crippen MR) is 104 cm³/mol. The van der Waals surface area contributed by atoms with Crippen LogP contribution in [0.4, 0.5) is 5.69 Å². The molecule has 0 radical (unpaired) electrons. The minimum absolute atomic E-state index is 0. The van der Waals surface area contributed by atoms with Crippen molar-refractivity contribution in [3.63, 3.8) is 0 Å². The molecule has 0 aromatic heterocycles. The standard InChI is InChI=1S/C18H21N3O.2ClH/c19-18(22)15-7-5-14(6-8-15)13-16-3-1-2-4-17(16)21-11-9-20-10-12-21;;/h1-8,20H,9-13H2,(H2,19,22);2*1H. The fraction of sp³-hybridized carbons (Fsp3) is 0.278. The number of halogens is 2. The normalized spacial score (nSPS) is 13.6. The lowest BCUT2D eigenvalue weighted by molar-refractivity contribution is 0.100. The Hall–Kier alpha value is -1.75. The number of anilines is 1. The minimum Gasteiger partial charge on any atom is -0.369 e. The molecule has 1 aliphatic heterocycles. The number of amides is 1. The fourth-order valence-electron chi connectivity index (χ4n) is 2.88. The van der Waals surface area contributed by atoms with Crippen LogP contribution >= 0.6 is 24.8 Å². The van der Waals surface area contributed by atoms with Crippen LogP contribution in [-0.2, 0) is 6.42 Å². The molecular formula is C18H23Cl2N3O. The van der Waals surface area contributed by atoms with Crippen molar-refractivity contribution in [3.8, 4) is 0 Å². The van der Waals surface area contributed by atoms with E-state index < -0.39 is 0 Å². The summed E-state index contributed by atoms with van der Waals surface area (Å²) in [6, 6.07) is 16.1. The lowest BCUT2D eigenvalue weighted by atomic mass is 10.0. The second-order valence-electron chi connectivity index (χ2n) is 5.60. The molecule has 1 aliphatic rings. The Bertz CT molecular complexity index is 656. The molecule has 3 N–H and O–H groups in total. The summed E-state index contributed by atoms with van der Waals surface area (Å²) >= 11 is 0. The number of benzene rings is 2. The number of nitrogens with zero attached hydrogens (tertiary/aromatic N) is 1. The fourth-order valence-corrected chi connectivity index (χ4v) is 2.88. The molecule has 3 rings (SSSR count). The molecule has 1 saturated heterocycles. The predicted octanol–water partition coefficient (Wildman–Crippen LogP) is 2.63. The molecule has 2 aromatic rings. The van der Waals surface area contributed by atoms with Gasteiger partial charge in [-0.1, -0.05) is 30.3 Å². The number of para-hydroxylation sites is 1. The first kappa shape index (κ1) is 20.3. The molecule has 6 heteroatoms. The van der Waals surface area contributed by atoms with Crippen LogP contribution in [0.1, 0.15) is 21.5 Å². The summed E-state index contributed by atoms with van der Waals surface area (Å²) in [4.78, 5) is 13.6. The number of rotatable bonds is 4. The van der Waals surface area contributed by atoms with Gasteiger partial charge in [-0.25, -0.2) is 0 Å². The lowest BCUT2D eigenvalue weighted by Crippen LogP contribution is -2.43. The zero-order valence-corrected chi connectivity index (χ0v) is 15.0. The van der Waals surface area contributed by atoms with Crippen LogP contribution in [0.15, 0.2) is 48.5 Å². The van der Waals surface area contributed by atoms with Gasteiger partial charge in [-0.15, -0.1) is 24.8 Å². The van der Waals surface area contributed by atoms with E-state index in [0.29, 0.717) is 5.56 Å². The van der Waals surface area contributed by atoms with Crippen LogP contribution in [0.5, 0.6) is 0 Å². The summed E-state index contributed by atoms with van der Waals surface area (Å²) in [5, 5.41) is 3.39. The summed E-state index contributed by atoms with van der Waals surface area (Å²) in [7, 11) is 0. The summed E-state index contributed by atoms with van der Waals surface area (Å²) < 4.78 is 0. The van der Waals surface area contributed by atoms with Gasteiger partial charge in [0.25, 0.3) is 0 Å². The van der Waals surface area contributed by atoms with Crippen LogP contribution in [-0.4, -0.2) is 32.1 Å². The average molecular weight is 368 g/mol. The van der Waals surface area contributed by atoms with E-state index in [2.05, 4.69) is 34.5 Å². The quantitative estimate of drug-likeness (QED) is 0.872. The van der Waals surface area contributed by atoms with E-state index in [1.165, 1.54) is 16.8 Å². The molecule has 1 amide bonds. The van der Waals surface area contributed by atoms with E-state index in [4.69, 9.17) is 5.73 Å². The lowest BCUT2D eigenvalue weighted by Gasteiger charge is -2.31. The first-order valence-corrected chi connectivity index (χ1v) is 7.66. The highest BCUT2D eigenvalue weighted by molar-refractivity contribution is 5.92. The third kappa shape index (κ3) is 4.87. The van der Waals surface area contributed by atoms with Gasteiger partial charge in [-0.2, -0.15) is 0 Å². The van der Waals surface area contributed by atoms with Crippen molar-refractivity contribution in [1.82, 2.24) is 5.32 Å². The monoisotopic (exact) mass is 367 g/mol. The molecule has 1 fully saturated rings. The van der Waals surface area contributed by atoms with Crippen molar-refractivity contribution >= 4 is 36.4 Å². The van der Waals surface area contributed by atoms with Gasteiger partial charge in [0.15, 0.2) is 0 Å². The number of carbonyl (C=O) groups excluding carboxylic acids is 1. The molecule has 0 saturated carbocycles. The molecule has 0 unspecified atom stereocenters. The van der Waals surface area contributed by atoms with Crippen LogP contribution in [0, 0.1) is 0 Å². The maximum Gasteiger partial charge on any atom is 0.248 e. The maximum atomic E-state index is 11.1. The third-order valence-corrected chi connectivity index (χ3v) is 4.08. The topological polar surface area (TPSA) is 58.4 Å². The summed E-state index contributed by atoms with van der Waals surface area (Å²) in [6.07, 6.45) is 0.860. The molecule has 1 heterocycles. The van der Waals surface area contributed by atoms with E-state index >= 15 is 0 Å². The number of primary amides is 1. The highest BCUT2D eigenvalue weighted by Gasteiger charge is 2.13. The van der Waals surface area contributed by atoms with Crippen molar-refractivity contribution in [2.75, 3.05) is 31.1 Å². The van der Waals surface area contributed by atoms with E-state index in [-0.39, 0.29) is 30.7 Å². The summed E-state index contributed by atoms with van der Waals surface area (Å²) in [6.45, 7) is 4.14. The smallest absolute Gasteiger partial charge is 0.248 e. The van der Waals surface area contributed by atoms with Gasteiger partial charge in [0.05, 0.1) is 0 Å². The Labute approximate surface area is 155 Å². The summed E-state index contributed by atoms with van der Waals surface area (Å²) in [5.74, 6) is -0.382. The Morgan fingerprint density at radius 2 is 1.62 bits per heavy atom. The molecule has 0 bridgehead atoms. The molecule has 0 aliphatic carbocycles. The van der Waals surface area contributed by atoms with Gasteiger partial charge in [0.1, 0.15) is 0 Å². The van der Waals surface area contributed by atoms with Gasteiger partial charge in [0, 0.05) is 37.4 Å². The third-order valence-electron chi connectivity index (χ3n) is 4.08. The Balaban J connectivity index is 0.00000144. The molecule has 130 valence electrons. The van der Waals surface area contributed by atoms with Gasteiger partial charge in [-0.3, -0.25) is 4.79 Å². The van der Waals surface area contributed by atoms with E-state index in [1.807, 2.05) is 12.1 Å². The van der Waals surface area contributed by atoms with Gasteiger partial charge < -0.3 is 16.0 Å². The largest absolute Gasteiger partial charge is 0.369 e. The van der Waals surface area contributed by atoms with Crippen molar-refractivity contribution in [2.45, 2.75) is 6.42 Å². The molecule has 2 aromatic carbocycles. The highest BCUT2D eigenvalue weighted by atomic mass is 35.5.